The zero-order chi connectivity index (χ0) is 14.3. The van der Waals surface area contributed by atoms with E-state index in [1.165, 1.54) is 12.8 Å². The van der Waals surface area contributed by atoms with Crippen molar-refractivity contribution < 1.29 is 9.53 Å². The Labute approximate surface area is 129 Å². The number of amides is 1. The first kappa shape index (κ1) is 19.7. The van der Waals surface area contributed by atoms with Gasteiger partial charge in [0, 0.05) is 26.2 Å². The average molecular weight is 307 g/mol. The van der Waals surface area contributed by atoms with Gasteiger partial charge in [0.15, 0.2) is 0 Å². The zero-order valence-corrected chi connectivity index (χ0v) is 14.0. The number of likely N-dealkylation sites (tertiary alicyclic amines) is 1. The van der Waals surface area contributed by atoms with Crippen LogP contribution in [-0.4, -0.2) is 43.2 Å². The third kappa shape index (κ3) is 6.42. The van der Waals surface area contributed by atoms with E-state index in [1.807, 2.05) is 0 Å². The molecule has 0 aromatic rings. The molecule has 0 bridgehead atoms. The summed E-state index contributed by atoms with van der Waals surface area (Å²) < 4.78 is 5.24. The molecule has 2 atom stereocenters. The second-order valence-electron chi connectivity index (χ2n) is 6.02. The standard InChI is InChI=1S/C15H30N2O2.ClH/c1-12(2)9-13-7-5-4-6-8-17(13)15(18)10-14(11-16)19-3;/h12-14H,4-11,16H2,1-3H3;1H. The fourth-order valence-corrected chi connectivity index (χ4v) is 2.87. The minimum atomic E-state index is -0.143. The van der Waals surface area contributed by atoms with Crippen LogP contribution in [0.1, 0.15) is 52.4 Å². The SMILES string of the molecule is COC(CN)CC(=O)N1CCCCCC1CC(C)C.Cl. The minimum absolute atomic E-state index is 0. The Morgan fingerprint density at radius 2 is 2.05 bits per heavy atom. The zero-order valence-electron chi connectivity index (χ0n) is 13.1. The number of carbonyl (C=O) groups is 1. The van der Waals surface area contributed by atoms with E-state index in [4.69, 9.17) is 10.5 Å². The van der Waals surface area contributed by atoms with E-state index in [0.717, 1.165) is 25.8 Å². The molecule has 1 rings (SSSR count). The molecule has 1 aliphatic rings. The van der Waals surface area contributed by atoms with Crippen molar-refractivity contribution in [2.75, 3.05) is 20.2 Å². The Morgan fingerprint density at radius 3 is 2.60 bits per heavy atom. The molecule has 0 saturated carbocycles. The minimum Gasteiger partial charge on any atom is -0.380 e. The predicted octanol–water partition coefficient (Wildman–Crippen LogP) is 2.59. The number of carbonyl (C=O) groups excluding carboxylic acids is 1. The lowest BCUT2D eigenvalue weighted by atomic mass is 9.98. The molecule has 0 radical (unpaired) electrons. The Morgan fingerprint density at radius 1 is 1.35 bits per heavy atom. The lowest BCUT2D eigenvalue weighted by Crippen LogP contribution is -2.43. The summed E-state index contributed by atoms with van der Waals surface area (Å²) in [6.45, 7) is 5.76. The van der Waals surface area contributed by atoms with Gasteiger partial charge < -0.3 is 15.4 Å². The van der Waals surface area contributed by atoms with Gasteiger partial charge in [-0.2, -0.15) is 0 Å². The van der Waals surface area contributed by atoms with Crippen molar-refractivity contribution in [1.82, 2.24) is 4.90 Å². The lowest BCUT2D eigenvalue weighted by Gasteiger charge is -2.32. The molecule has 2 unspecified atom stereocenters. The maximum absolute atomic E-state index is 12.5. The number of hydrogen-bond acceptors (Lipinski definition) is 3. The Balaban J connectivity index is 0.00000361. The highest BCUT2D eigenvalue weighted by atomic mass is 35.5. The maximum atomic E-state index is 12.5. The molecule has 120 valence electrons. The molecule has 20 heavy (non-hydrogen) atoms. The van der Waals surface area contributed by atoms with Crippen LogP contribution >= 0.6 is 12.4 Å². The van der Waals surface area contributed by atoms with E-state index < -0.39 is 0 Å². The summed E-state index contributed by atoms with van der Waals surface area (Å²) in [6.07, 6.45) is 6.13. The van der Waals surface area contributed by atoms with Gasteiger partial charge in [-0.05, 0) is 25.2 Å². The van der Waals surface area contributed by atoms with E-state index in [0.29, 0.717) is 24.9 Å². The quantitative estimate of drug-likeness (QED) is 0.820. The summed E-state index contributed by atoms with van der Waals surface area (Å²) in [5.41, 5.74) is 5.61. The summed E-state index contributed by atoms with van der Waals surface area (Å²) in [5.74, 6) is 0.844. The summed E-state index contributed by atoms with van der Waals surface area (Å²) >= 11 is 0. The van der Waals surface area contributed by atoms with E-state index in [-0.39, 0.29) is 24.4 Å². The van der Waals surface area contributed by atoms with Crippen LogP contribution in [0.2, 0.25) is 0 Å². The average Bonchev–Trinajstić information content (AvgIpc) is 2.60. The smallest absolute Gasteiger partial charge is 0.225 e. The van der Waals surface area contributed by atoms with Crippen molar-refractivity contribution in [1.29, 1.82) is 0 Å². The molecular formula is C15H31ClN2O2. The number of nitrogens with two attached hydrogens (primary N) is 1. The van der Waals surface area contributed by atoms with Gasteiger partial charge in [0.2, 0.25) is 5.91 Å². The van der Waals surface area contributed by atoms with Crippen molar-refractivity contribution in [2.45, 2.75) is 64.5 Å². The van der Waals surface area contributed by atoms with Crippen LogP contribution in [0.15, 0.2) is 0 Å². The molecule has 5 heteroatoms. The second-order valence-corrected chi connectivity index (χ2v) is 6.02. The molecule has 0 aromatic carbocycles. The molecule has 1 aliphatic heterocycles. The molecule has 0 spiro atoms. The van der Waals surface area contributed by atoms with E-state index in [9.17, 15) is 4.79 Å². The molecule has 0 aromatic heterocycles. The van der Waals surface area contributed by atoms with E-state index in [2.05, 4.69) is 18.7 Å². The molecule has 0 aliphatic carbocycles. The van der Waals surface area contributed by atoms with Crippen LogP contribution in [0.4, 0.5) is 0 Å². The number of hydrogen-bond donors (Lipinski definition) is 1. The Hall–Kier alpha value is -0.320. The highest BCUT2D eigenvalue weighted by molar-refractivity contribution is 5.85. The van der Waals surface area contributed by atoms with E-state index >= 15 is 0 Å². The van der Waals surface area contributed by atoms with Crippen LogP contribution in [-0.2, 0) is 9.53 Å². The van der Waals surface area contributed by atoms with Gasteiger partial charge in [-0.1, -0.05) is 26.7 Å². The van der Waals surface area contributed by atoms with Gasteiger partial charge in [-0.3, -0.25) is 4.79 Å². The molecule has 1 amide bonds. The molecule has 1 saturated heterocycles. The number of ether oxygens (including phenoxy) is 1. The number of halogens is 1. The summed E-state index contributed by atoms with van der Waals surface area (Å²) in [5, 5.41) is 0. The van der Waals surface area contributed by atoms with Crippen LogP contribution < -0.4 is 5.73 Å². The monoisotopic (exact) mass is 306 g/mol. The first-order valence-electron chi connectivity index (χ1n) is 7.60. The van der Waals surface area contributed by atoms with Crippen LogP contribution in [0.3, 0.4) is 0 Å². The van der Waals surface area contributed by atoms with Gasteiger partial charge in [0.05, 0.1) is 12.5 Å². The molecule has 2 N–H and O–H groups in total. The largest absolute Gasteiger partial charge is 0.380 e. The van der Waals surface area contributed by atoms with Gasteiger partial charge in [-0.15, -0.1) is 12.4 Å². The molecule has 1 heterocycles. The Bertz CT molecular complexity index is 271. The van der Waals surface area contributed by atoms with Crippen molar-refractivity contribution in [3.63, 3.8) is 0 Å². The molecular weight excluding hydrogens is 276 g/mol. The predicted molar refractivity (Wildman–Crippen MR) is 85.1 cm³/mol. The van der Waals surface area contributed by atoms with E-state index in [1.54, 1.807) is 7.11 Å². The second kappa shape index (κ2) is 10.4. The summed E-state index contributed by atoms with van der Waals surface area (Å²) in [7, 11) is 1.62. The summed E-state index contributed by atoms with van der Waals surface area (Å²) in [4.78, 5) is 14.6. The summed E-state index contributed by atoms with van der Waals surface area (Å²) in [6, 6.07) is 0.408. The van der Waals surface area contributed by atoms with Crippen molar-refractivity contribution in [3.05, 3.63) is 0 Å². The third-order valence-electron chi connectivity index (χ3n) is 3.94. The van der Waals surface area contributed by atoms with Gasteiger partial charge in [0.25, 0.3) is 0 Å². The first-order chi connectivity index (χ1) is 9.08. The molecule has 1 fully saturated rings. The lowest BCUT2D eigenvalue weighted by molar-refractivity contribution is -0.136. The van der Waals surface area contributed by atoms with Crippen molar-refractivity contribution >= 4 is 18.3 Å². The fraction of sp³-hybridized carbons (Fsp3) is 0.933. The topological polar surface area (TPSA) is 55.6 Å². The van der Waals surface area contributed by atoms with Crippen molar-refractivity contribution in [2.24, 2.45) is 11.7 Å². The van der Waals surface area contributed by atoms with Crippen LogP contribution in [0.25, 0.3) is 0 Å². The third-order valence-corrected chi connectivity index (χ3v) is 3.94. The van der Waals surface area contributed by atoms with Crippen molar-refractivity contribution in [3.8, 4) is 0 Å². The van der Waals surface area contributed by atoms with Crippen LogP contribution in [0, 0.1) is 5.92 Å². The number of methoxy groups -OCH3 is 1. The number of nitrogens with zero attached hydrogens (tertiary/aromatic N) is 1. The Kier molecular flexibility index (Phi) is 10.2. The normalized spacial score (nSPS) is 21.2. The van der Waals surface area contributed by atoms with Gasteiger partial charge in [-0.25, -0.2) is 0 Å². The highest BCUT2D eigenvalue weighted by Crippen LogP contribution is 2.23. The van der Waals surface area contributed by atoms with Crippen LogP contribution in [0.5, 0.6) is 0 Å². The maximum Gasteiger partial charge on any atom is 0.225 e. The first-order valence-corrected chi connectivity index (χ1v) is 7.60. The van der Waals surface area contributed by atoms with Gasteiger partial charge >= 0.3 is 0 Å². The van der Waals surface area contributed by atoms with Gasteiger partial charge in [0.1, 0.15) is 0 Å². The number of rotatable bonds is 6. The highest BCUT2D eigenvalue weighted by Gasteiger charge is 2.27. The molecule has 4 nitrogen and oxygen atoms in total. The fourth-order valence-electron chi connectivity index (χ4n) is 2.87.